The zero-order valence-corrected chi connectivity index (χ0v) is 55.5. The maximum absolute atomic E-state index is 11.3. The minimum atomic E-state index is -4.94. The molecule has 0 aliphatic heterocycles. The van der Waals surface area contributed by atoms with Crippen LogP contribution in [0.3, 0.4) is 0 Å². The predicted molar refractivity (Wildman–Crippen MR) is 281 cm³/mol. The Labute approximate surface area is 534 Å². The fraction of sp³-hybridized carbons (Fsp3) is 0.440. The van der Waals surface area contributed by atoms with Crippen LogP contribution in [0, 0.1) is 10.2 Å². The molecule has 0 fully saturated rings. The van der Waals surface area contributed by atoms with E-state index >= 15 is 0 Å². The molecule has 0 saturated carbocycles. The van der Waals surface area contributed by atoms with Crippen LogP contribution in [0.4, 0.5) is 0 Å². The smallest absolute Gasteiger partial charge is 2.00 e. The standard InChI is InChI=1S/4C11H14NO2.3C2H6OS.ClHO4.4Mn.N3.2O/c4*1-11(2,8-13)12-7-9-5-3-4-6-10(9)14;3*1-4(2)3;2-1(3,4)5;;;;;1-3-2;;/h4*3-7,14H,8H2,1-2H3;3*1-2H3;(H,2,3,4,5);;;;;;;/q4*-1;;;;;;;2*+3;-1;2*-2/p-5. The Morgan fingerprint density at radius 3 is 0.622 bits per heavy atom. The van der Waals surface area contributed by atoms with Crippen molar-refractivity contribution in [3.8, 4) is 23.0 Å². The van der Waals surface area contributed by atoms with E-state index in [2.05, 4.69) is 20.0 Å². The van der Waals surface area contributed by atoms with Gasteiger partial charge in [0.15, 0.2) is 0 Å². The number of aliphatic imine (C=N–C) groups is 4. The molecular weight excluding hydrogens is 1320 g/mol. The third-order valence-electron chi connectivity index (χ3n) is 7.30. The number of rotatable bonds is 12. The number of hydrogen-bond donors (Lipinski definition) is 0. The van der Waals surface area contributed by atoms with Crippen LogP contribution < -0.4 is 59.5 Å². The number of halogens is 1. The number of para-hydroxylation sites is 4. The molecule has 468 valence electrons. The largest absolute Gasteiger partial charge is 3.00 e. The van der Waals surface area contributed by atoms with Gasteiger partial charge >= 0.3 is 34.1 Å². The Bertz CT molecular complexity index is 2120. The average Bonchev–Trinajstić information content (AvgIpc) is 3.30. The van der Waals surface area contributed by atoms with E-state index in [1.54, 1.807) is 166 Å². The first-order chi connectivity index (χ1) is 34.8. The number of benzene rings is 4. The maximum Gasteiger partial charge on any atom is 3.00 e. The Morgan fingerprint density at radius 2 is 0.524 bits per heavy atom. The summed E-state index contributed by atoms with van der Waals surface area (Å²) in [6.07, 6.45) is 15.7. The van der Waals surface area contributed by atoms with Gasteiger partial charge in [-0.15, -0.1) is 59.7 Å². The van der Waals surface area contributed by atoms with Crippen LogP contribution in [-0.4, -0.2) is 124 Å². The normalized spacial score (nSPS) is 10.5. The van der Waals surface area contributed by atoms with Crippen molar-refractivity contribution in [3.05, 3.63) is 135 Å². The Balaban J connectivity index is -0.0000000802. The molecule has 4 aromatic rings. The van der Waals surface area contributed by atoms with Crippen molar-refractivity contribution in [3.63, 3.8) is 0 Å². The molecule has 0 aromatic heterocycles. The summed E-state index contributed by atoms with van der Waals surface area (Å²) in [5, 5.41) is 87.7. The molecule has 0 bridgehead atoms. The van der Waals surface area contributed by atoms with E-state index in [4.69, 9.17) is 29.7 Å². The summed E-state index contributed by atoms with van der Waals surface area (Å²) in [6, 6.07) is 26.5. The maximum atomic E-state index is 11.3. The molecule has 2 radical (unpaired) electrons. The van der Waals surface area contributed by atoms with E-state index in [-0.39, 0.29) is 129 Å². The van der Waals surface area contributed by atoms with Crippen LogP contribution >= 0.6 is 0 Å². The molecule has 0 N–H and O–H groups in total. The van der Waals surface area contributed by atoms with Crippen LogP contribution in [-0.2, 0) is 112 Å². The Morgan fingerprint density at radius 1 is 0.415 bits per heavy atom. The fourth-order valence-corrected chi connectivity index (χ4v) is 3.47. The summed E-state index contributed by atoms with van der Waals surface area (Å²) in [5.41, 5.74) is 13.0. The van der Waals surface area contributed by atoms with Gasteiger partial charge in [-0.3, -0.25) is 37.5 Å². The summed E-state index contributed by atoms with van der Waals surface area (Å²) < 4.78 is 62.6. The second kappa shape index (κ2) is 57.9. The van der Waals surface area contributed by atoms with Crippen molar-refractivity contribution in [2.24, 2.45) is 20.0 Å². The summed E-state index contributed by atoms with van der Waals surface area (Å²) in [5.74, 6) is -0.285. The molecule has 0 heterocycles. The van der Waals surface area contributed by atoms with Crippen molar-refractivity contribution in [1.82, 2.24) is 0 Å². The van der Waals surface area contributed by atoms with Gasteiger partial charge in [-0.05, 0) is 77.6 Å². The Hall–Kier alpha value is -3.51. The summed E-state index contributed by atoms with van der Waals surface area (Å²) in [4.78, 5) is 17.8. The van der Waals surface area contributed by atoms with E-state index in [0.717, 1.165) is 0 Å². The van der Waals surface area contributed by atoms with E-state index < -0.39 is 64.8 Å². The predicted octanol–water partition coefficient (Wildman–Crippen LogP) is -2.88. The molecule has 0 aliphatic carbocycles. The van der Waals surface area contributed by atoms with Crippen molar-refractivity contribution in [2.45, 2.75) is 77.5 Å². The van der Waals surface area contributed by atoms with Crippen molar-refractivity contribution in [1.29, 1.82) is 0 Å². The minimum Gasteiger partial charge on any atom is -2.00 e. The van der Waals surface area contributed by atoms with Crippen molar-refractivity contribution in [2.75, 3.05) is 64.0 Å². The van der Waals surface area contributed by atoms with Gasteiger partial charge in [0.2, 0.25) is 0 Å². The van der Waals surface area contributed by atoms with Crippen LogP contribution in [0.5, 0.6) is 23.0 Å². The van der Waals surface area contributed by atoms with E-state index in [9.17, 15) is 53.5 Å². The number of nitrogens with zero attached hydrogens (tertiary/aromatic N) is 7. The van der Waals surface area contributed by atoms with Gasteiger partial charge < -0.3 is 62.9 Å². The zero-order valence-electron chi connectivity index (χ0n) is 47.6. The van der Waals surface area contributed by atoms with Crippen molar-refractivity contribution >= 4 is 57.3 Å². The van der Waals surface area contributed by atoms with Gasteiger partial charge in [0.05, 0.1) is 0 Å². The zero-order chi connectivity index (χ0) is 60.4. The molecule has 0 amide bonds. The second-order valence-corrected chi connectivity index (χ2v) is 22.9. The number of hydrogen-bond acceptors (Lipinski definition) is 19. The van der Waals surface area contributed by atoms with Gasteiger partial charge in [-0.2, -0.15) is 0 Å². The van der Waals surface area contributed by atoms with Gasteiger partial charge in [-0.25, -0.2) is 18.6 Å². The average molecular weight is 1390 g/mol. The SMILES string of the molecule is CC(C)(C[O-])N=Cc1ccccc1[O-].CC(C)(C[O-])N=Cc1ccccc1[O-].CC(C)(C[O-])N=Cc1ccccc1[O-].CC(C)(C[O-])N=Cc1ccccc1[O-].CS(C)=O.CS(C)=O.CS(C)=O.[Mn+3].[Mn+3].[Mn].[Mn].[N-]=[N+]=[N-].[O-2].[O-2].[O-][Cl+3]([O-])([O-])[O-]. The molecule has 4 aromatic carbocycles. The minimum absolute atomic E-state index is 0. The molecule has 0 aliphatic rings. The molecule has 0 unspecified atom stereocenters. The molecule has 4 rings (SSSR count). The summed E-state index contributed by atoms with van der Waals surface area (Å²) in [7, 11) is -6.78. The van der Waals surface area contributed by atoms with Crippen LogP contribution in [0.25, 0.3) is 16.0 Å². The molecular formula is C50H70ClMn4N7O17S3-8. The third kappa shape index (κ3) is 74.5. The molecule has 0 atom stereocenters. The van der Waals surface area contributed by atoms with Crippen LogP contribution in [0.2, 0.25) is 0 Å². The molecule has 32 heteroatoms. The van der Waals surface area contributed by atoms with Crippen LogP contribution in [0.1, 0.15) is 77.6 Å². The molecule has 24 nitrogen and oxygen atoms in total. The first-order valence-corrected chi connectivity index (χ1v) is 28.9. The third-order valence-corrected chi connectivity index (χ3v) is 7.30. The molecule has 0 spiro atoms. The van der Waals surface area contributed by atoms with E-state index in [1.807, 2.05) is 0 Å². The first-order valence-electron chi connectivity index (χ1n) is 21.7. The van der Waals surface area contributed by atoms with Crippen molar-refractivity contribution < 1.29 is 162 Å². The first kappa shape index (κ1) is 103. The quantitative estimate of drug-likeness (QED) is 0.0452. The van der Waals surface area contributed by atoms with Crippen LogP contribution in [0.15, 0.2) is 117 Å². The molecule has 0 saturated heterocycles. The van der Waals surface area contributed by atoms with Gasteiger partial charge in [0.25, 0.3) is 0 Å². The van der Waals surface area contributed by atoms with E-state index in [1.165, 1.54) is 54.0 Å². The summed E-state index contributed by atoms with van der Waals surface area (Å²) in [6.45, 7) is 12.8. The Kier molecular flexibility index (Phi) is 73.1. The fourth-order valence-electron chi connectivity index (χ4n) is 3.47. The van der Waals surface area contributed by atoms with Gasteiger partial charge in [0, 0.05) is 151 Å². The topological polar surface area (TPSA) is 493 Å². The second-order valence-electron chi connectivity index (χ2n) is 17.7. The summed E-state index contributed by atoms with van der Waals surface area (Å²) >= 11 is 0. The monoisotopic (exact) mass is 1390 g/mol. The van der Waals surface area contributed by atoms with E-state index in [0.29, 0.717) is 22.3 Å². The van der Waals surface area contributed by atoms with Gasteiger partial charge in [0.1, 0.15) is 0 Å². The van der Waals surface area contributed by atoms with Gasteiger partial charge in [-0.1, -0.05) is 97.1 Å². The molecule has 82 heavy (non-hydrogen) atoms.